The lowest BCUT2D eigenvalue weighted by Gasteiger charge is -2.13. The van der Waals surface area contributed by atoms with Crippen molar-refractivity contribution in [3.05, 3.63) is 40.9 Å². The van der Waals surface area contributed by atoms with E-state index in [9.17, 15) is 18.0 Å². The third kappa shape index (κ3) is 3.37. The number of amides is 1. The van der Waals surface area contributed by atoms with Gasteiger partial charge in [-0.2, -0.15) is 13.2 Å². The maximum atomic E-state index is 12.6. The van der Waals surface area contributed by atoms with Gasteiger partial charge in [-0.1, -0.05) is 12.1 Å². The predicted molar refractivity (Wildman–Crippen MR) is 81.0 cm³/mol. The number of thiazole rings is 1. The first-order valence-electron chi connectivity index (χ1n) is 7.03. The molecular weight excluding hydrogens is 327 g/mol. The van der Waals surface area contributed by atoms with Crippen LogP contribution in [-0.2, 0) is 6.18 Å². The summed E-state index contributed by atoms with van der Waals surface area (Å²) in [7, 11) is 0. The van der Waals surface area contributed by atoms with Crippen LogP contribution in [0.1, 0.15) is 21.7 Å². The van der Waals surface area contributed by atoms with Gasteiger partial charge in [-0.3, -0.25) is 4.79 Å². The van der Waals surface area contributed by atoms with Crippen LogP contribution in [0.15, 0.2) is 30.5 Å². The second-order valence-electron chi connectivity index (χ2n) is 5.40. The summed E-state index contributed by atoms with van der Waals surface area (Å²) in [5.41, 5.74) is 5.64. The number of halogens is 3. The van der Waals surface area contributed by atoms with Crippen molar-refractivity contribution in [1.82, 2.24) is 9.88 Å². The monoisotopic (exact) mass is 341 g/mol. The molecule has 1 saturated heterocycles. The van der Waals surface area contributed by atoms with Gasteiger partial charge >= 0.3 is 6.18 Å². The van der Waals surface area contributed by atoms with Crippen LogP contribution in [0.25, 0.3) is 10.6 Å². The molecule has 122 valence electrons. The fourth-order valence-corrected chi connectivity index (χ4v) is 3.33. The number of benzene rings is 1. The average Bonchev–Trinajstić information content (AvgIpc) is 3.15. The quantitative estimate of drug-likeness (QED) is 0.913. The molecule has 1 amide bonds. The molecule has 1 aromatic carbocycles. The molecule has 0 spiro atoms. The summed E-state index contributed by atoms with van der Waals surface area (Å²) >= 11 is 1.17. The largest absolute Gasteiger partial charge is 0.416 e. The summed E-state index contributed by atoms with van der Waals surface area (Å²) in [5, 5.41) is 0.519. The predicted octanol–water partition coefficient (Wildman–Crippen LogP) is 3.00. The third-order valence-corrected chi connectivity index (χ3v) is 4.72. The van der Waals surface area contributed by atoms with Crippen molar-refractivity contribution in [2.24, 2.45) is 5.73 Å². The lowest BCUT2D eigenvalue weighted by molar-refractivity contribution is -0.137. The molecule has 1 aliphatic rings. The number of hydrogen-bond donors (Lipinski definition) is 1. The molecule has 2 N–H and O–H groups in total. The fraction of sp³-hybridized carbons (Fsp3) is 0.333. The van der Waals surface area contributed by atoms with Crippen molar-refractivity contribution in [1.29, 1.82) is 0 Å². The molecule has 1 unspecified atom stereocenters. The molecule has 0 radical (unpaired) electrons. The second kappa shape index (κ2) is 5.93. The SMILES string of the molecule is NC1CCN(C(=O)c2cnc(-c3ccc(C(F)(F)F)cc3)s2)C1. The molecule has 0 aliphatic carbocycles. The highest BCUT2D eigenvalue weighted by atomic mass is 32.1. The number of nitrogens with zero attached hydrogens (tertiary/aromatic N) is 2. The van der Waals surface area contributed by atoms with Crippen LogP contribution in [0.5, 0.6) is 0 Å². The van der Waals surface area contributed by atoms with Crippen LogP contribution in [-0.4, -0.2) is 34.9 Å². The highest BCUT2D eigenvalue weighted by molar-refractivity contribution is 7.16. The zero-order chi connectivity index (χ0) is 16.6. The van der Waals surface area contributed by atoms with Gasteiger partial charge in [0, 0.05) is 24.7 Å². The maximum Gasteiger partial charge on any atom is 0.416 e. The molecule has 2 aromatic rings. The highest BCUT2D eigenvalue weighted by Gasteiger charge is 2.30. The van der Waals surface area contributed by atoms with Crippen molar-refractivity contribution in [2.75, 3.05) is 13.1 Å². The Morgan fingerprint density at radius 2 is 2.00 bits per heavy atom. The van der Waals surface area contributed by atoms with Gasteiger partial charge in [0.1, 0.15) is 9.88 Å². The molecule has 1 aromatic heterocycles. The number of nitrogens with two attached hydrogens (primary N) is 1. The minimum Gasteiger partial charge on any atom is -0.336 e. The zero-order valence-corrected chi connectivity index (χ0v) is 12.8. The minimum absolute atomic E-state index is 0.00116. The lowest BCUT2D eigenvalue weighted by Crippen LogP contribution is -2.31. The van der Waals surface area contributed by atoms with E-state index in [2.05, 4.69) is 4.98 Å². The summed E-state index contributed by atoms with van der Waals surface area (Å²) in [5.74, 6) is -0.131. The van der Waals surface area contributed by atoms with E-state index in [1.165, 1.54) is 29.7 Å². The van der Waals surface area contributed by atoms with Gasteiger partial charge in [-0.15, -0.1) is 11.3 Å². The molecule has 0 saturated carbocycles. The Morgan fingerprint density at radius 1 is 1.30 bits per heavy atom. The molecular formula is C15H14F3N3OS. The van der Waals surface area contributed by atoms with Crippen LogP contribution in [0, 0.1) is 0 Å². The van der Waals surface area contributed by atoms with Crippen LogP contribution >= 0.6 is 11.3 Å². The summed E-state index contributed by atoms with van der Waals surface area (Å²) in [4.78, 5) is 18.6. The highest BCUT2D eigenvalue weighted by Crippen LogP contribution is 2.32. The molecule has 2 heterocycles. The number of alkyl halides is 3. The van der Waals surface area contributed by atoms with Crippen LogP contribution < -0.4 is 5.73 Å². The van der Waals surface area contributed by atoms with Crippen molar-refractivity contribution in [3.8, 4) is 10.6 Å². The summed E-state index contributed by atoms with van der Waals surface area (Å²) < 4.78 is 37.7. The molecule has 1 fully saturated rings. The van der Waals surface area contributed by atoms with Crippen molar-refractivity contribution in [3.63, 3.8) is 0 Å². The van der Waals surface area contributed by atoms with Gasteiger partial charge in [0.2, 0.25) is 0 Å². The van der Waals surface area contributed by atoms with E-state index in [-0.39, 0.29) is 11.9 Å². The smallest absolute Gasteiger partial charge is 0.336 e. The fourth-order valence-electron chi connectivity index (χ4n) is 2.44. The van der Waals surface area contributed by atoms with Gasteiger partial charge in [-0.25, -0.2) is 4.98 Å². The van der Waals surface area contributed by atoms with Crippen molar-refractivity contribution < 1.29 is 18.0 Å². The summed E-state index contributed by atoms with van der Waals surface area (Å²) in [6.45, 7) is 1.14. The molecule has 3 rings (SSSR count). The summed E-state index contributed by atoms with van der Waals surface area (Å²) in [6, 6.07) is 4.75. The van der Waals surface area contributed by atoms with E-state index in [0.29, 0.717) is 28.5 Å². The number of carbonyl (C=O) groups is 1. The van der Waals surface area contributed by atoms with Crippen LogP contribution in [0.3, 0.4) is 0 Å². The molecule has 1 aliphatic heterocycles. The lowest BCUT2D eigenvalue weighted by atomic mass is 10.1. The maximum absolute atomic E-state index is 12.6. The third-order valence-electron chi connectivity index (χ3n) is 3.69. The van der Waals surface area contributed by atoms with Crippen molar-refractivity contribution in [2.45, 2.75) is 18.6 Å². The first-order valence-corrected chi connectivity index (χ1v) is 7.84. The van der Waals surface area contributed by atoms with Crippen LogP contribution in [0.4, 0.5) is 13.2 Å². The second-order valence-corrected chi connectivity index (χ2v) is 6.44. The number of hydrogen-bond acceptors (Lipinski definition) is 4. The Balaban J connectivity index is 1.78. The zero-order valence-electron chi connectivity index (χ0n) is 12.0. The Morgan fingerprint density at radius 3 is 2.57 bits per heavy atom. The Hall–Kier alpha value is -1.93. The molecule has 8 heteroatoms. The Kier molecular flexibility index (Phi) is 4.11. The number of likely N-dealkylation sites (tertiary alicyclic amines) is 1. The van der Waals surface area contributed by atoms with Crippen LogP contribution in [0.2, 0.25) is 0 Å². The summed E-state index contributed by atoms with van der Waals surface area (Å²) in [6.07, 6.45) is -2.13. The number of rotatable bonds is 2. The minimum atomic E-state index is -4.36. The normalized spacial score (nSPS) is 18.4. The molecule has 1 atom stereocenters. The standard InChI is InChI=1S/C15H14F3N3OS/c16-15(17,18)10-3-1-9(2-4-10)13-20-7-12(23-13)14(22)21-6-5-11(19)8-21/h1-4,7,11H,5-6,8,19H2. The van der Waals surface area contributed by atoms with E-state index < -0.39 is 11.7 Å². The van der Waals surface area contributed by atoms with Gasteiger partial charge in [0.25, 0.3) is 5.91 Å². The topological polar surface area (TPSA) is 59.2 Å². The van der Waals surface area contributed by atoms with Gasteiger partial charge in [0.05, 0.1) is 11.8 Å². The van der Waals surface area contributed by atoms with E-state index >= 15 is 0 Å². The van der Waals surface area contributed by atoms with Crippen molar-refractivity contribution >= 4 is 17.2 Å². The van der Waals surface area contributed by atoms with Gasteiger partial charge in [-0.05, 0) is 18.6 Å². The van der Waals surface area contributed by atoms with E-state index in [4.69, 9.17) is 5.73 Å². The number of aromatic nitrogens is 1. The average molecular weight is 341 g/mol. The Labute approximate surface area is 134 Å². The van der Waals surface area contributed by atoms with Gasteiger partial charge < -0.3 is 10.6 Å². The van der Waals surface area contributed by atoms with E-state index in [1.807, 2.05) is 0 Å². The molecule has 4 nitrogen and oxygen atoms in total. The first kappa shape index (κ1) is 15.9. The van der Waals surface area contributed by atoms with Gasteiger partial charge in [0.15, 0.2) is 0 Å². The van der Waals surface area contributed by atoms with E-state index in [0.717, 1.165) is 18.6 Å². The van der Waals surface area contributed by atoms with E-state index in [1.54, 1.807) is 4.90 Å². The molecule has 23 heavy (non-hydrogen) atoms. The first-order chi connectivity index (χ1) is 10.8. The molecule has 0 bridgehead atoms. The Bertz CT molecular complexity index is 712. The number of carbonyl (C=O) groups excluding carboxylic acids is 1.